The molecule has 2 aromatic carbocycles. The summed E-state index contributed by atoms with van der Waals surface area (Å²) < 4.78 is 12.2. The minimum atomic E-state index is -2.89. The SMILES string of the molecule is CCCCCCCCCCCCCC(=O)OCC(O)(CO)CO[Si](c1ccccc1)(c1ccccc1)C(C)(C)C. The second-order valence-corrected chi connectivity index (χ2v) is 16.6. The van der Waals surface area contributed by atoms with Crippen molar-refractivity contribution in [1.29, 1.82) is 0 Å². The molecule has 5 nitrogen and oxygen atoms in total. The van der Waals surface area contributed by atoms with Gasteiger partial charge in [0, 0.05) is 6.42 Å². The molecule has 2 N–H and O–H groups in total. The molecule has 40 heavy (non-hydrogen) atoms. The van der Waals surface area contributed by atoms with Crippen molar-refractivity contribution in [2.75, 3.05) is 19.8 Å². The summed E-state index contributed by atoms with van der Waals surface area (Å²) in [6.07, 6.45) is 13.7. The average Bonchev–Trinajstić information content (AvgIpc) is 2.95. The highest BCUT2D eigenvalue weighted by molar-refractivity contribution is 6.99. The van der Waals surface area contributed by atoms with Crippen LogP contribution in [0.4, 0.5) is 0 Å². The fraction of sp³-hybridized carbons (Fsp3) is 0.618. The van der Waals surface area contributed by atoms with Gasteiger partial charge in [-0.3, -0.25) is 4.79 Å². The topological polar surface area (TPSA) is 76.0 Å². The molecule has 0 bridgehead atoms. The molecule has 0 spiro atoms. The fourth-order valence-electron chi connectivity index (χ4n) is 5.36. The lowest BCUT2D eigenvalue weighted by molar-refractivity contribution is -0.157. The smallest absolute Gasteiger partial charge is 0.305 e. The standard InChI is InChI=1S/C34H54O5Si/c1-5-6-7-8-9-10-11-12-13-14-21-26-32(36)38-28-34(37,27-35)29-39-40(33(2,3)4,30-22-17-15-18-23-30)31-24-19-16-20-25-31/h15-20,22-25,35,37H,5-14,21,26-29H2,1-4H3. The van der Waals surface area contributed by atoms with E-state index in [0.717, 1.165) is 29.6 Å². The van der Waals surface area contributed by atoms with Crippen LogP contribution in [0.1, 0.15) is 105 Å². The predicted octanol–water partition coefficient (Wildman–Crippen LogP) is 6.53. The summed E-state index contributed by atoms with van der Waals surface area (Å²) in [5.74, 6) is -0.340. The van der Waals surface area contributed by atoms with Crippen molar-refractivity contribution in [2.24, 2.45) is 0 Å². The van der Waals surface area contributed by atoms with Crippen LogP contribution in [0.3, 0.4) is 0 Å². The molecule has 0 heterocycles. The second kappa shape index (κ2) is 17.7. The number of unbranched alkanes of at least 4 members (excludes halogenated alkanes) is 10. The lowest BCUT2D eigenvalue weighted by atomic mass is 10.1. The molecule has 0 aromatic heterocycles. The molecular formula is C34H54O5Si. The summed E-state index contributed by atoms with van der Waals surface area (Å²) in [5, 5.41) is 23.2. The summed E-state index contributed by atoms with van der Waals surface area (Å²) in [7, 11) is -2.89. The molecule has 0 amide bonds. The molecule has 0 fully saturated rings. The van der Waals surface area contributed by atoms with Gasteiger partial charge in [0.05, 0.1) is 13.2 Å². The van der Waals surface area contributed by atoms with Crippen molar-refractivity contribution >= 4 is 24.7 Å². The third-order valence-electron chi connectivity index (χ3n) is 7.75. The van der Waals surface area contributed by atoms with Gasteiger partial charge in [0.25, 0.3) is 8.32 Å². The van der Waals surface area contributed by atoms with Crippen molar-refractivity contribution in [1.82, 2.24) is 0 Å². The third-order valence-corrected chi connectivity index (χ3v) is 12.7. The highest BCUT2D eigenvalue weighted by Gasteiger charge is 2.51. The van der Waals surface area contributed by atoms with Crippen molar-refractivity contribution in [3.05, 3.63) is 60.7 Å². The maximum absolute atomic E-state index is 12.4. The Balaban J connectivity index is 1.89. The Morgan fingerprint density at radius 3 is 1.60 bits per heavy atom. The number of carbonyl (C=O) groups excluding carboxylic acids is 1. The largest absolute Gasteiger partial charge is 0.462 e. The Hall–Kier alpha value is -1.99. The number of benzene rings is 2. The minimum absolute atomic E-state index is 0.136. The summed E-state index contributed by atoms with van der Waals surface area (Å²) >= 11 is 0. The van der Waals surface area contributed by atoms with Crippen LogP contribution in [0.5, 0.6) is 0 Å². The predicted molar refractivity (Wildman–Crippen MR) is 168 cm³/mol. The van der Waals surface area contributed by atoms with Crippen molar-refractivity contribution in [3.63, 3.8) is 0 Å². The molecule has 224 valence electrons. The van der Waals surface area contributed by atoms with E-state index in [1.165, 1.54) is 51.4 Å². The average molecular weight is 571 g/mol. The van der Waals surface area contributed by atoms with E-state index < -0.39 is 20.5 Å². The zero-order chi connectivity index (χ0) is 29.3. The Morgan fingerprint density at radius 2 is 1.18 bits per heavy atom. The van der Waals surface area contributed by atoms with Gasteiger partial charge < -0.3 is 19.4 Å². The quantitative estimate of drug-likeness (QED) is 0.108. The molecule has 0 aliphatic heterocycles. The van der Waals surface area contributed by atoms with Gasteiger partial charge in [-0.25, -0.2) is 0 Å². The molecule has 2 aromatic rings. The Bertz CT molecular complexity index is 904. The normalized spacial score (nSPS) is 13.7. The Labute approximate surface area is 244 Å². The lowest BCUT2D eigenvalue weighted by Crippen LogP contribution is -2.68. The summed E-state index contributed by atoms with van der Waals surface area (Å²) in [5.41, 5.74) is -1.68. The monoisotopic (exact) mass is 570 g/mol. The van der Waals surface area contributed by atoms with Gasteiger partial charge in [-0.1, -0.05) is 153 Å². The number of aliphatic hydroxyl groups is 2. The van der Waals surface area contributed by atoms with Gasteiger partial charge in [-0.2, -0.15) is 0 Å². The lowest BCUT2D eigenvalue weighted by Gasteiger charge is -2.44. The second-order valence-electron chi connectivity index (χ2n) is 12.3. The van der Waals surface area contributed by atoms with Gasteiger partial charge >= 0.3 is 5.97 Å². The number of carbonyl (C=O) groups is 1. The van der Waals surface area contributed by atoms with E-state index in [1.54, 1.807) is 0 Å². The van der Waals surface area contributed by atoms with E-state index in [1.807, 2.05) is 36.4 Å². The van der Waals surface area contributed by atoms with Crippen LogP contribution in [-0.4, -0.2) is 49.9 Å². The first-order valence-corrected chi connectivity index (χ1v) is 17.3. The van der Waals surface area contributed by atoms with Crippen LogP contribution in [0, 0.1) is 0 Å². The van der Waals surface area contributed by atoms with Gasteiger partial charge in [0.15, 0.2) is 0 Å². The molecule has 1 atom stereocenters. The molecule has 0 saturated heterocycles. The van der Waals surface area contributed by atoms with Crippen molar-refractivity contribution in [3.8, 4) is 0 Å². The van der Waals surface area contributed by atoms with Gasteiger partial charge in [-0.05, 0) is 21.8 Å². The van der Waals surface area contributed by atoms with Gasteiger partial charge in [0.1, 0.15) is 12.2 Å². The van der Waals surface area contributed by atoms with Crippen molar-refractivity contribution < 1.29 is 24.2 Å². The highest BCUT2D eigenvalue weighted by atomic mass is 28.4. The minimum Gasteiger partial charge on any atom is -0.462 e. The molecule has 2 rings (SSSR count). The first-order chi connectivity index (χ1) is 19.2. The number of hydrogen-bond donors (Lipinski definition) is 2. The third kappa shape index (κ3) is 10.8. The molecule has 0 aliphatic rings. The van der Waals surface area contributed by atoms with Gasteiger partial charge in [-0.15, -0.1) is 0 Å². The van der Waals surface area contributed by atoms with E-state index >= 15 is 0 Å². The summed E-state index contributed by atoms with van der Waals surface area (Å²) in [4.78, 5) is 12.4. The van der Waals surface area contributed by atoms with E-state index in [-0.39, 0.29) is 24.2 Å². The fourth-order valence-corrected chi connectivity index (χ4v) is 10.00. The van der Waals surface area contributed by atoms with Crippen molar-refractivity contribution in [2.45, 2.75) is 115 Å². The number of rotatable bonds is 20. The van der Waals surface area contributed by atoms with Crippen LogP contribution >= 0.6 is 0 Å². The number of ether oxygens (including phenoxy) is 1. The molecule has 1 unspecified atom stereocenters. The molecule has 0 saturated carbocycles. The Morgan fingerprint density at radius 1 is 0.725 bits per heavy atom. The maximum Gasteiger partial charge on any atom is 0.305 e. The van der Waals surface area contributed by atoms with Crippen LogP contribution < -0.4 is 10.4 Å². The summed E-state index contributed by atoms with van der Waals surface area (Å²) in [6, 6.07) is 20.3. The first kappa shape index (κ1) is 34.2. The van der Waals surface area contributed by atoms with E-state index in [9.17, 15) is 15.0 Å². The van der Waals surface area contributed by atoms with Gasteiger partial charge in [0.2, 0.25) is 0 Å². The molecular weight excluding hydrogens is 516 g/mol. The molecule has 6 heteroatoms. The zero-order valence-electron chi connectivity index (χ0n) is 25.5. The maximum atomic E-state index is 12.4. The Kier molecular flexibility index (Phi) is 15.2. The summed E-state index contributed by atoms with van der Waals surface area (Å²) in [6.45, 7) is 7.73. The zero-order valence-corrected chi connectivity index (χ0v) is 26.5. The number of esters is 1. The van der Waals surface area contributed by atoms with Crippen LogP contribution in [0.25, 0.3) is 0 Å². The van der Waals surface area contributed by atoms with E-state index in [0.29, 0.717) is 6.42 Å². The highest BCUT2D eigenvalue weighted by Crippen LogP contribution is 2.37. The van der Waals surface area contributed by atoms with E-state index in [2.05, 4.69) is 52.0 Å². The van der Waals surface area contributed by atoms with Crippen LogP contribution in [0.15, 0.2) is 60.7 Å². The number of aliphatic hydroxyl groups excluding tert-OH is 1. The van der Waals surface area contributed by atoms with Crippen LogP contribution in [-0.2, 0) is 14.0 Å². The molecule has 0 radical (unpaired) electrons. The van der Waals surface area contributed by atoms with E-state index in [4.69, 9.17) is 9.16 Å². The number of hydrogen-bond acceptors (Lipinski definition) is 5. The first-order valence-electron chi connectivity index (χ1n) is 15.4. The van der Waals surface area contributed by atoms with Crippen LogP contribution in [0.2, 0.25) is 5.04 Å². The molecule has 0 aliphatic carbocycles.